The number of methoxy groups -OCH3 is 2. The van der Waals surface area contributed by atoms with Crippen LogP contribution in [0.1, 0.15) is 0 Å². The zero-order valence-corrected chi connectivity index (χ0v) is 16.7. The number of carbonyl (C=O) groups excluding carboxylic acids is 1. The molecule has 9 nitrogen and oxygen atoms in total. The molecule has 3 rings (SSSR count). The minimum atomic E-state index is -0.483. The van der Waals surface area contributed by atoms with Gasteiger partial charge in [-0.25, -0.2) is 0 Å². The zero-order chi connectivity index (χ0) is 20.8. The van der Waals surface area contributed by atoms with E-state index in [1.165, 1.54) is 30.6 Å². The Morgan fingerprint density at radius 3 is 2.66 bits per heavy atom. The van der Waals surface area contributed by atoms with Gasteiger partial charge in [0.25, 0.3) is 11.6 Å². The van der Waals surface area contributed by atoms with Gasteiger partial charge in [-0.1, -0.05) is 23.5 Å². The lowest BCUT2D eigenvalue weighted by molar-refractivity contribution is -0.384. The maximum Gasteiger partial charge on any atom is 0.286 e. The van der Waals surface area contributed by atoms with Crippen LogP contribution in [0.5, 0.6) is 11.5 Å². The Labute approximate surface area is 169 Å². The predicted molar refractivity (Wildman–Crippen MR) is 107 cm³/mol. The lowest BCUT2D eigenvalue weighted by atomic mass is 10.3. The smallest absolute Gasteiger partial charge is 0.286 e. The van der Waals surface area contributed by atoms with Crippen LogP contribution in [-0.4, -0.2) is 42.8 Å². The summed E-state index contributed by atoms with van der Waals surface area (Å²) in [7, 11) is 3.09. The first kappa shape index (κ1) is 20.5. The van der Waals surface area contributed by atoms with E-state index in [0.29, 0.717) is 34.2 Å². The molecule has 0 saturated heterocycles. The van der Waals surface area contributed by atoms with Crippen LogP contribution in [0.15, 0.2) is 47.5 Å². The van der Waals surface area contributed by atoms with E-state index in [9.17, 15) is 14.9 Å². The topological polar surface area (TPSA) is 105 Å². The summed E-state index contributed by atoms with van der Waals surface area (Å²) < 4.78 is 18.3. The molecule has 0 aliphatic rings. The summed E-state index contributed by atoms with van der Waals surface area (Å²) in [5.74, 6) is 0.477. The van der Waals surface area contributed by atoms with Crippen LogP contribution in [0, 0.1) is 10.1 Å². The van der Waals surface area contributed by atoms with Crippen LogP contribution < -0.4 is 14.3 Å². The van der Waals surface area contributed by atoms with Crippen molar-refractivity contribution in [3.8, 4) is 11.5 Å². The van der Waals surface area contributed by atoms with E-state index in [0.717, 1.165) is 5.52 Å². The molecular weight excluding hydrogens is 398 g/mol. The van der Waals surface area contributed by atoms with Gasteiger partial charge in [0.05, 0.1) is 28.9 Å². The number of amides is 1. The molecule has 0 aliphatic heterocycles. The fourth-order valence-corrected chi connectivity index (χ4v) is 3.78. The highest BCUT2D eigenvalue weighted by Crippen LogP contribution is 2.26. The maximum atomic E-state index is 12.4. The minimum Gasteiger partial charge on any atom is -0.493 e. The minimum absolute atomic E-state index is 0.0185. The summed E-state index contributed by atoms with van der Waals surface area (Å²) >= 11 is 1.20. The van der Waals surface area contributed by atoms with Gasteiger partial charge in [-0.05, 0) is 18.2 Å². The first-order chi connectivity index (χ1) is 14.0. The fourth-order valence-electron chi connectivity index (χ4n) is 2.68. The Morgan fingerprint density at radius 2 is 1.97 bits per heavy atom. The average molecular weight is 417 g/mol. The van der Waals surface area contributed by atoms with E-state index in [2.05, 4.69) is 4.99 Å². The van der Waals surface area contributed by atoms with Crippen LogP contribution in [-0.2, 0) is 16.1 Å². The zero-order valence-electron chi connectivity index (χ0n) is 15.9. The number of aromatic nitrogens is 1. The lowest BCUT2D eigenvalue weighted by Crippen LogP contribution is -2.21. The second kappa shape index (κ2) is 9.30. The van der Waals surface area contributed by atoms with E-state index in [1.54, 1.807) is 42.0 Å². The summed E-state index contributed by atoms with van der Waals surface area (Å²) in [6.07, 6.45) is 0. The van der Waals surface area contributed by atoms with Gasteiger partial charge in [0.2, 0.25) is 0 Å². The quantitative estimate of drug-likeness (QED) is 0.412. The van der Waals surface area contributed by atoms with Crippen molar-refractivity contribution in [2.75, 3.05) is 27.4 Å². The number of non-ortho nitro benzene ring substituents is 1. The Kier molecular flexibility index (Phi) is 6.57. The van der Waals surface area contributed by atoms with Crippen molar-refractivity contribution in [1.29, 1.82) is 0 Å². The number of hydrogen-bond acceptors (Lipinski definition) is 7. The molecular formula is C19H19N3O6S. The highest BCUT2D eigenvalue weighted by atomic mass is 32.1. The number of carbonyl (C=O) groups is 1. The van der Waals surface area contributed by atoms with Gasteiger partial charge >= 0.3 is 0 Å². The number of nitrogens with zero attached hydrogens (tertiary/aromatic N) is 3. The molecule has 0 fully saturated rings. The Morgan fingerprint density at radius 1 is 1.21 bits per heavy atom. The number of nitro groups is 1. The molecule has 29 heavy (non-hydrogen) atoms. The fraction of sp³-hybridized carbons (Fsp3) is 0.263. The van der Waals surface area contributed by atoms with Crippen molar-refractivity contribution in [3.63, 3.8) is 0 Å². The van der Waals surface area contributed by atoms with Gasteiger partial charge in [-0.3, -0.25) is 14.9 Å². The molecule has 1 amide bonds. The number of nitro benzene ring substituents is 1. The predicted octanol–water partition coefficient (Wildman–Crippen LogP) is 2.77. The molecule has 152 valence electrons. The largest absolute Gasteiger partial charge is 0.493 e. The maximum absolute atomic E-state index is 12.4. The Balaban J connectivity index is 1.90. The molecule has 0 aliphatic carbocycles. The van der Waals surface area contributed by atoms with Crippen LogP contribution in [0.4, 0.5) is 5.69 Å². The number of hydrogen-bond donors (Lipinski definition) is 0. The van der Waals surface area contributed by atoms with Gasteiger partial charge < -0.3 is 18.8 Å². The third-order valence-corrected chi connectivity index (χ3v) is 5.08. The van der Waals surface area contributed by atoms with Crippen molar-refractivity contribution in [1.82, 2.24) is 4.57 Å². The second-order valence-corrected chi connectivity index (χ2v) is 6.89. The SMILES string of the molecule is COCCn1c(=NC(=O)COc2ccccc2OC)sc2cc([N+](=O)[O-])ccc21. The van der Waals surface area contributed by atoms with Gasteiger partial charge in [-0.15, -0.1) is 0 Å². The number of fused-ring (bicyclic) bond motifs is 1. The van der Waals surface area contributed by atoms with Crippen molar-refractivity contribution >= 4 is 33.1 Å². The van der Waals surface area contributed by atoms with Crippen molar-refractivity contribution in [2.24, 2.45) is 4.99 Å². The number of rotatable bonds is 8. The molecule has 2 aromatic carbocycles. The molecule has 0 N–H and O–H groups in total. The van der Waals surface area contributed by atoms with E-state index in [-0.39, 0.29) is 12.3 Å². The summed E-state index contributed by atoms with van der Waals surface area (Å²) in [6, 6.07) is 11.5. The monoisotopic (exact) mass is 417 g/mol. The van der Waals surface area contributed by atoms with Crippen molar-refractivity contribution in [3.05, 3.63) is 57.4 Å². The number of benzene rings is 2. The van der Waals surface area contributed by atoms with Crippen LogP contribution in [0.25, 0.3) is 10.2 Å². The van der Waals surface area contributed by atoms with E-state index >= 15 is 0 Å². The molecule has 0 saturated carbocycles. The third-order valence-electron chi connectivity index (χ3n) is 4.04. The standard InChI is InChI=1S/C19H19N3O6S/c1-26-10-9-21-14-8-7-13(22(24)25)11-17(14)29-19(21)20-18(23)12-28-16-6-4-3-5-15(16)27-2/h3-8,11H,9-10,12H2,1-2H3. The van der Waals surface area contributed by atoms with E-state index in [4.69, 9.17) is 14.2 Å². The Hall–Kier alpha value is -3.24. The summed E-state index contributed by atoms with van der Waals surface area (Å²) in [4.78, 5) is 27.5. The molecule has 1 heterocycles. The second-order valence-electron chi connectivity index (χ2n) is 5.88. The number of thiazole rings is 1. The molecule has 0 atom stereocenters. The highest BCUT2D eigenvalue weighted by Gasteiger charge is 2.13. The number of ether oxygens (including phenoxy) is 3. The molecule has 1 aromatic heterocycles. The molecule has 0 unspecified atom stereocenters. The van der Waals surface area contributed by atoms with Crippen LogP contribution in [0.3, 0.4) is 0 Å². The van der Waals surface area contributed by atoms with Crippen molar-refractivity contribution < 1.29 is 23.9 Å². The summed E-state index contributed by atoms with van der Waals surface area (Å²) in [5.41, 5.74) is 0.727. The Bertz CT molecular complexity index is 1100. The van der Waals surface area contributed by atoms with Gasteiger partial charge in [-0.2, -0.15) is 4.99 Å². The van der Waals surface area contributed by atoms with Gasteiger partial charge in [0.1, 0.15) is 0 Å². The first-order valence-corrected chi connectivity index (χ1v) is 9.45. The molecule has 3 aromatic rings. The molecule has 0 radical (unpaired) electrons. The lowest BCUT2D eigenvalue weighted by Gasteiger charge is -2.08. The van der Waals surface area contributed by atoms with E-state index < -0.39 is 10.8 Å². The van der Waals surface area contributed by atoms with Crippen LogP contribution in [0.2, 0.25) is 0 Å². The van der Waals surface area contributed by atoms with E-state index in [1.807, 2.05) is 0 Å². The molecule has 10 heteroatoms. The summed E-state index contributed by atoms with van der Waals surface area (Å²) in [5, 5.41) is 11.0. The molecule has 0 spiro atoms. The van der Waals surface area contributed by atoms with Crippen molar-refractivity contribution in [2.45, 2.75) is 6.54 Å². The normalized spacial score (nSPS) is 11.6. The number of para-hydroxylation sites is 2. The average Bonchev–Trinajstić information content (AvgIpc) is 3.06. The van der Waals surface area contributed by atoms with Gasteiger partial charge in [0.15, 0.2) is 22.9 Å². The van der Waals surface area contributed by atoms with Gasteiger partial charge in [0, 0.05) is 25.8 Å². The third kappa shape index (κ3) is 4.79. The first-order valence-electron chi connectivity index (χ1n) is 8.63. The highest BCUT2D eigenvalue weighted by molar-refractivity contribution is 7.16. The molecule has 0 bridgehead atoms. The summed E-state index contributed by atoms with van der Waals surface area (Å²) in [6.45, 7) is 0.592. The van der Waals surface area contributed by atoms with Crippen LogP contribution >= 0.6 is 11.3 Å².